The Morgan fingerprint density at radius 2 is 2.24 bits per heavy atom. The van der Waals surface area contributed by atoms with Crippen LogP contribution in [0.2, 0.25) is 0 Å². The van der Waals surface area contributed by atoms with Gasteiger partial charge in [0.2, 0.25) is 5.82 Å². The largest absolute Gasteiger partial charge is 0.371 e. The molecule has 1 saturated heterocycles. The van der Waals surface area contributed by atoms with Gasteiger partial charge in [0.05, 0.1) is 17.6 Å². The lowest BCUT2D eigenvalue weighted by Crippen LogP contribution is -2.33. The van der Waals surface area contributed by atoms with Crippen LogP contribution in [0.1, 0.15) is 11.7 Å². The van der Waals surface area contributed by atoms with Crippen LogP contribution in [0.5, 0.6) is 0 Å². The van der Waals surface area contributed by atoms with E-state index in [0.29, 0.717) is 19.7 Å². The van der Waals surface area contributed by atoms with E-state index in [1.165, 1.54) is 0 Å². The van der Waals surface area contributed by atoms with Crippen LogP contribution >= 0.6 is 0 Å². The number of nitro groups is 1. The van der Waals surface area contributed by atoms with Gasteiger partial charge in [-0.1, -0.05) is 0 Å². The van der Waals surface area contributed by atoms with Gasteiger partial charge in [0, 0.05) is 19.2 Å². The second kappa shape index (κ2) is 4.72. The van der Waals surface area contributed by atoms with Crippen LogP contribution in [0.25, 0.3) is 0 Å². The fraction of sp³-hybridized carbons (Fsp3) is 0.400. The molecule has 1 fully saturated rings. The summed E-state index contributed by atoms with van der Waals surface area (Å²) in [4.78, 5) is 9.61. The summed E-state index contributed by atoms with van der Waals surface area (Å²) >= 11 is 0. The molecule has 7 heteroatoms. The third-order valence-electron chi connectivity index (χ3n) is 2.53. The minimum atomic E-state index is -1.44. The predicted octanol–water partition coefficient (Wildman–Crippen LogP) is 1.53. The number of hydrogen-bond donors (Lipinski definition) is 1. The van der Waals surface area contributed by atoms with Crippen molar-refractivity contribution in [2.75, 3.05) is 19.7 Å². The first kappa shape index (κ1) is 11.9. The molecule has 0 aromatic heterocycles. The van der Waals surface area contributed by atoms with Crippen molar-refractivity contribution in [2.24, 2.45) is 0 Å². The van der Waals surface area contributed by atoms with Gasteiger partial charge in [0.1, 0.15) is 0 Å². The standard InChI is InChI=1S/C10H10F2N2O3/c11-7-3-6(9-5-13-1-2-17-9)4-8(10(7)12)14(15)16/h3-4,9,13H,1-2,5H2. The Labute approximate surface area is 95.5 Å². The number of morpholine rings is 1. The molecule has 0 aliphatic carbocycles. The minimum Gasteiger partial charge on any atom is -0.371 e. The molecule has 0 radical (unpaired) electrons. The quantitative estimate of drug-likeness (QED) is 0.633. The van der Waals surface area contributed by atoms with Crippen molar-refractivity contribution >= 4 is 5.69 Å². The fourth-order valence-electron chi connectivity index (χ4n) is 1.69. The van der Waals surface area contributed by atoms with E-state index < -0.39 is 28.3 Å². The molecule has 1 aliphatic rings. The van der Waals surface area contributed by atoms with E-state index in [1.54, 1.807) is 0 Å². The van der Waals surface area contributed by atoms with E-state index in [9.17, 15) is 18.9 Å². The SMILES string of the molecule is O=[N+]([O-])c1cc(C2CNCCO2)cc(F)c1F. The summed E-state index contributed by atoms with van der Waals surface area (Å²) in [5.74, 6) is -2.68. The molecule has 1 atom stereocenters. The van der Waals surface area contributed by atoms with Crippen LogP contribution in [-0.4, -0.2) is 24.6 Å². The van der Waals surface area contributed by atoms with Gasteiger partial charge in [-0.05, 0) is 11.6 Å². The molecule has 17 heavy (non-hydrogen) atoms. The highest BCUT2D eigenvalue weighted by Gasteiger charge is 2.24. The molecule has 0 bridgehead atoms. The molecule has 1 aromatic rings. The number of hydrogen-bond acceptors (Lipinski definition) is 4. The number of ether oxygens (including phenoxy) is 1. The highest BCUT2D eigenvalue weighted by molar-refractivity contribution is 5.38. The van der Waals surface area contributed by atoms with Crippen molar-refractivity contribution in [3.05, 3.63) is 39.4 Å². The molecule has 2 rings (SSSR count). The lowest BCUT2D eigenvalue weighted by atomic mass is 10.1. The molecule has 92 valence electrons. The van der Waals surface area contributed by atoms with Crippen molar-refractivity contribution in [1.82, 2.24) is 5.32 Å². The molecule has 0 spiro atoms. The van der Waals surface area contributed by atoms with Crippen LogP contribution in [0.4, 0.5) is 14.5 Å². The maximum atomic E-state index is 13.2. The Kier molecular flexibility index (Phi) is 3.30. The number of nitrogens with one attached hydrogen (secondary N) is 1. The second-order valence-electron chi connectivity index (χ2n) is 3.66. The Hall–Kier alpha value is -1.60. The number of nitrogens with zero attached hydrogens (tertiary/aromatic N) is 1. The zero-order chi connectivity index (χ0) is 12.4. The maximum Gasteiger partial charge on any atom is 0.308 e. The molecule has 1 N–H and O–H groups in total. The molecule has 1 unspecified atom stereocenters. The average Bonchev–Trinajstić information content (AvgIpc) is 2.33. The van der Waals surface area contributed by atoms with E-state index in [4.69, 9.17) is 4.74 Å². The zero-order valence-electron chi connectivity index (χ0n) is 8.78. The molecule has 1 aromatic carbocycles. The molecule has 0 amide bonds. The summed E-state index contributed by atoms with van der Waals surface area (Å²) in [6.07, 6.45) is -0.488. The van der Waals surface area contributed by atoms with Gasteiger partial charge >= 0.3 is 5.69 Å². The number of rotatable bonds is 2. The molecular formula is C10H10F2N2O3. The highest BCUT2D eigenvalue weighted by atomic mass is 19.2. The Morgan fingerprint density at radius 1 is 1.47 bits per heavy atom. The zero-order valence-corrected chi connectivity index (χ0v) is 8.78. The maximum absolute atomic E-state index is 13.2. The molecule has 1 aliphatic heterocycles. The van der Waals surface area contributed by atoms with Crippen LogP contribution < -0.4 is 5.32 Å². The monoisotopic (exact) mass is 244 g/mol. The number of benzene rings is 1. The van der Waals surface area contributed by atoms with Crippen molar-refractivity contribution in [3.63, 3.8) is 0 Å². The Bertz CT molecular complexity index is 447. The lowest BCUT2D eigenvalue weighted by Gasteiger charge is -2.23. The molecule has 5 nitrogen and oxygen atoms in total. The summed E-state index contributed by atoms with van der Waals surface area (Å²) in [6, 6.07) is 1.94. The summed E-state index contributed by atoms with van der Waals surface area (Å²) in [5, 5.41) is 13.6. The Balaban J connectivity index is 2.37. The van der Waals surface area contributed by atoms with E-state index in [1.807, 2.05) is 0 Å². The first-order valence-corrected chi connectivity index (χ1v) is 5.05. The van der Waals surface area contributed by atoms with Crippen molar-refractivity contribution in [3.8, 4) is 0 Å². The molecule has 1 heterocycles. The van der Waals surface area contributed by atoms with Gasteiger partial charge in [-0.2, -0.15) is 4.39 Å². The predicted molar refractivity (Wildman–Crippen MR) is 54.6 cm³/mol. The Morgan fingerprint density at radius 3 is 2.82 bits per heavy atom. The van der Waals surface area contributed by atoms with Gasteiger partial charge in [-0.25, -0.2) is 4.39 Å². The van der Waals surface area contributed by atoms with Gasteiger partial charge in [-0.3, -0.25) is 10.1 Å². The second-order valence-corrected chi connectivity index (χ2v) is 3.66. The third kappa shape index (κ3) is 2.40. The van der Waals surface area contributed by atoms with E-state index in [-0.39, 0.29) is 5.56 Å². The molecule has 0 saturated carbocycles. The normalized spacial score (nSPS) is 20.2. The minimum absolute atomic E-state index is 0.266. The van der Waals surface area contributed by atoms with E-state index >= 15 is 0 Å². The first-order valence-electron chi connectivity index (χ1n) is 5.05. The van der Waals surface area contributed by atoms with Gasteiger partial charge in [-0.15, -0.1) is 0 Å². The van der Waals surface area contributed by atoms with E-state index in [2.05, 4.69) is 5.32 Å². The topological polar surface area (TPSA) is 64.4 Å². The van der Waals surface area contributed by atoms with E-state index in [0.717, 1.165) is 12.1 Å². The van der Waals surface area contributed by atoms with Crippen molar-refractivity contribution in [1.29, 1.82) is 0 Å². The van der Waals surface area contributed by atoms with Gasteiger partial charge in [0.25, 0.3) is 0 Å². The summed E-state index contributed by atoms with van der Waals surface area (Å²) in [6.45, 7) is 1.52. The van der Waals surface area contributed by atoms with Crippen LogP contribution in [0.3, 0.4) is 0 Å². The van der Waals surface area contributed by atoms with Crippen LogP contribution in [0.15, 0.2) is 12.1 Å². The first-order chi connectivity index (χ1) is 8.09. The summed E-state index contributed by atoms with van der Waals surface area (Å²) < 4.78 is 31.6. The summed E-state index contributed by atoms with van der Waals surface area (Å²) in [5.41, 5.74) is -0.600. The number of nitro benzene ring substituents is 1. The average molecular weight is 244 g/mol. The lowest BCUT2D eigenvalue weighted by molar-refractivity contribution is -0.387. The molecular weight excluding hydrogens is 234 g/mol. The third-order valence-corrected chi connectivity index (χ3v) is 2.53. The number of halogens is 2. The van der Waals surface area contributed by atoms with Crippen molar-refractivity contribution in [2.45, 2.75) is 6.10 Å². The highest BCUT2D eigenvalue weighted by Crippen LogP contribution is 2.27. The van der Waals surface area contributed by atoms with Gasteiger partial charge < -0.3 is 10.1 Å². The van der Waals surface area contributed by atoms with Crippen molar-refractivity contribution < 1.29 is 18.4 Å². The van der Waals surface area contributed by atoms with Crippen LogP contribution in [-0.2, 0) is 4.74 Å². The smallest absolute Gasteiger partial charge is 0.308 e. The van der Waals surface area contributed by atoms with Gasteiger partial charge in [0.15, 0.2) is 5.82 Å². The summed E-state index contributed by atoms with van der Waals surface area (Å²) in [7, 11) is 0. The van der Waals surface area contributed by atoms with Crippen LogP contribution in [0, 0.1) is 21.7 Å². The fourth-order valence-corrected chi connectivity index (χ4v) is 1.69.